The molecule has 20 heavy (non-hydrogen) atoms. The number of hydrogen-bond donors (Lipinski definition) is 1. The van der Waals surface area contributed by atoms with Gasteiger partial charge in [0.1, 0.15) is 5.75 Å². The Balaban J connectivity index is 2.07. The van der Waals surface area contributed by atoms with Crippen LogP contribution in [-0.4, -0.2) is 48.1 Å². The molecule has 0 atom stereocenters. The Morgan fingerprint density at radius 3 is 2.55 bits per heavy atom. The summed E-state index contributed by atoms with van der Waals surface area (Å²) in [4.78, 5) is 4.80. The molecular formula is C17H28N2O. The van der Waals surface area contributed by atoms with E-state index in [0.29, 0.717) is 11.8 Å². The number of hydrogen-bond acceptors (Lipinski definition) is 3. The van der Waals surface area contributed by atoms with E-state index in [0.717, 1.165) is 24.1 Å². The molecule has 3 heteroatoms. The average Bonchev–Trinajstić information content (AvgIpc) is 2.44. The molecule has 3 nitrogen and oxygen atoms in total. The van der Waals surface area contributed by atoms with Gasteiger partial charge in [0.25, 0.3) is 0 Å². The zero-order valence-corrected chi connectivity index (χ0v) is 13.3. The molecule has 1 saturated heterocycles. The fraction of sp³-hybridized carbons (Fsp3) is 0.647. The summed E-state index contributed by atoms with van der Waals surface area (Å²) in [6, 6.07) is 4.89. The smallest absolute Gasteiger partial charge is 0.122 e. The molecule has 1 heterocycles. The fourth-order valence-corrected chi connectivity index (χ4v) is 3.09. The van der Waals surface area contributed by atoms with E-state index in [-0.39, 0.29) is 0 Å². The predicted molar refractivity (Wildman–Crippen MR) is 84.2 cm³/mol. The summed E-state index contributed by atoms with van der Waals surface area (Å²) in [6.07, 6.45) is 3.46. The number of nitrogens with zero attached hydrogens (tertiary/aromatic N) is 2. The zero-order valence-electron chi connectivity index (χ0n) is 13.3. The van der Waals surface area contributed by atoms with Crippen LogP contribution in [-0.2, 0) is 13.0 Å². The molecule has 1 aromatic rings. The molecule has 0 radical (unpaired) electrons. The zero-order chi connectivity index (χ0) is 14.7. The second-order valence-electron chi connectivity index (χ2n) is 6.22. The third-order valence-corrected chi connectivity index (χ3v) is 4.58. The van der Waals surface area contributed by atoms with Crippen molar-refractivity contribution < 1.29 is 5.11 Å². The van der Waals surface area contributed by atoms with Crippen LogP contribution in [0.5, 0.6) is 5.75 Å². The molecule has 0 unspecified atom stereocenters. The van der Waals surface area contributed by atoms with Gasteiger partial charge in [-0.25, -0.2) is 0 Å². The number of benzene rings is 1. The monoisotopic (exact) mass is 276 g/mol. The van der Waals surface area contributed by atoms with Gasteiger partial charge < -0.3 is 10.0 Å². The Morgan fingerprint density at radius 2 is 1.95 bits per heavy atom. The Hall–Kier alpha value is -1.06. The number of aryl methyl sites for hydroxylation is 2. The second kappa shape index (κ2) is 6.59. The average molecular weight is 276 g/mol. The number of likely N-dealkylation sites (tertiary alicyclic amines) is 1. The quantitative estimate of drug-likeness (QED) is 0.916. The van der Waals surface area contributed by atoms with Crippen molar-refractivity contribution in [3.63, 3.8) is 0 Å². The van der Waals surface area contributed by atoms with E-state index in [1.165, 1.54) is 31.5 Å². The minimum atomic E-state index is 0.474. The Morgan fingerprint density at radius 1 is 1.30 bits per heavy atom. The number of aromatic hydroxyl groups is 1. The largest absolute Gasteiger partial charge is 0.507 e. The van der Waals surface area contributed by atoms with Gasteiger partial charge in [-0.05, 0) is 64.5 Å². The van der Waals surface area contributed by atoms with Gasteiger partial charge in [0.05, 0.1) is 0 Å². The summed E-state index contributed by atoms with van der Waals surface area (Å²) < 4.78 is 0. The minimum absolute atomic E-state index is 0.474. The van der Waals surface area contributed by atoms with Crippen molar-refractivity contribution in [1.29, 1.82) is 0 Å². The maximum Gasteiger partial charge on any atom is 0.122 e. The molecule has 1 aromatic carbocycles. The molecular weight excluding hydrogens is 248 g/mol. The van der Waals surface area contributed by atoms with Crippen LogP contribution in [0.4, 0.5) is 0 Å². The van der Waals surface area contributed by atoms with Crippen molar-refractivity contribution in [3.8, 4) is 5.75 Å². The molecule has 1 aliphatic rings. The third-order valence-electron chi connectivity index (χ3n) is 4.58. The van der Waals surface area contributed by atoms with Crippen LogP contribution >= 0.6 is 0 Å². The van der Waals surface area contributed by atoms with E-state index in [1.54, 1.807) is 0 Å². The van der Waals surface area contributed by atoms with E-state index in [9.17, 15) is 5.11 Å². The first-order valence-electron chi connectivity index (χ1n) is 7.71. The highest BCUT2D eigenvalue weighted by atomic mass is 16.3. The minimum Gasteiger partial charge on any atom is -0.507 e. The van der Waals surface area contributed by atoms with E-state index < -0.39 is 0 Å². The van der Waals surface area contributed by atoms with Crippen LogP contribution in [0.3, 0.4) is 0 Å². The van der Waals surface area contributed by atoms with Crippen molar-refractivity contribution in [2.75, 3.05) is 27.2 Å². The molecule has 1 aliphatic heterocycles. The molecule has 0 amide bonds. The van der Waals surface area contributed by atoms with E-state index >= 15 is 0 Å². The molecule has 0 saturated carbocycles. The van der Waals surface area contributed by atoms with Crippen LogP contribution in [0.25, 0.3) is 0 Å². The van der Waals surface area contributed by atoms with Gasteiger partial charge in [-0.15, -0.1) is 0 Å². The van der Waals surface area contributed by atoms with E-state index in [2.05, 4.69) is 43.0 Å². The normalized spacial score (nSPS) is 17.9. The Kier molecular flexibility index (Phi) is 5.06. The highest BCUT2D eigenvalue weighted by Crippen LogP contribution is 2.27. The lowest BCUT2D eigenvalue weighted by Crippen LogP contribution is -2.41. The highest BCUT2D eigenvalue weighted by molar-refractivity contribution is 5.43. The lowest BCUT2D eigenvalue weighted by molar-refractivity contribution is 0.138. The first-order chi connectivity index (χ1) is 9.51. The van der Waals surface area contributed by atoms with Gasteiger partial charge in [0.15, 0.2) is 0 Å². The van der Waals surface area contributed by atoms with Crippen LogP contribution in [0.2, 0.25) is 0 Å². The summed E-state index contributed by atoms with van der Waals surface area (Å²) in [6.45, 7) is 7.35. The maximum atomic E-state index is 10.3. The molecule has 1 N–H and O–H groups in total. The standard InChI is InChI=1S/C17H28N2O/c1-5-14-10-13(2)17(20)15(11-14)12-19(4)16-6-8-18(3)9-7-16/h10-11,16,20H,5-9,12H2,1-4H3. The Labute approximate surface area is 123 Å². The molecule has 0 aliphatic carbocycles. The topological polar surface area (TPSA) is 26.7 Å². The summed E-state index contributed by atoms with van der Waals surface area (Å²) in [5.74, 6) is 0.474. The first kappa shape index (κ1) is 15.3. The molecule has 112 valence electrons. The van der Waals surface area contributed by atoms with Crippen molar-refractivity contribution in [2.45, 2.75) is 45.7 Å². The van der Waals surface area contributed by atoms with Crippen LogP contribution in [0, 0.1) is 6.92 Å². The molecule has 1 fully saturated rings. The molecule has 2 rings (SSSR count). The van der Waals surface area contributed by atoms with Gasteiger partial charge >= 0.3 is 0 Å². The predicted octanol–water partition coefficient (Wildman–Crippen LogP) is 2.79. The van der Waals surface area contributed by atoms with Gasteiger partial charge in [-0.1, -0.05) is 19.1 Å². The van der Waals surface area contributed by atoms with Crippen molar-refractivity contribution in [2.24, 2.45) is 0 Å². The third kappa shape index (κ3) is 3.53. The SMILES string of the molecule is CCc1cc(C)c(O)c(CN(C)C2CCN(C)CC2)c1. The van der Waals surface area contributed by atoms with Crippen LogP contribution < -0.4 is 0 Å². The second-order valence-corrected chi connectivity index (χ2v) is 6.22. The summed E-state index contributed by atoms with van der Waals surface area (Å²) in [5.41, 5.74) is 3.38. The maximum absolute atomic E-state index is 10.3. The first-order valence-corrected chi connectivity index (χ1v) is 7.71. The number of rotatable bonds is 4. The summed E-state index contributed by atoms with van der Waals surface area (Å²) in [7, 11) is 4.37. The van der Waals surface area contributed by atoms with Crippen molar-refractivity contribution in [3.05, 3.63) is 28.8 Å². The highest BCUT2D eigenvalue weighted by Gasteiger charge is 2.21. The van der Waals surface area contributed by atoms with Gasteiger partial charge in [0, 0.05) is 18.2 Å². The number of piperidine rings is 1. The molecule has 0 spiro atoms. The van der Waals surface area contributed by atoms with Crippen molar-refractivity contribution in [1.82, 2.24) is 9.80 Å². The van der Waals surface area contributed by atoms with Crippen LogP contribution in [0.1, 0.15) is 36.5 Å². The van der Waals surface area contributed by atoms with Crippen LogP contribution in [0.15, 0.2) is 12.1 Å². The molecule has 0 bridgehead atoms. The lowest BCUT2D eigenvalue weighted by atomic mass is 10.0. The van der Waals surface area contributed by atoms with Gasteiger partial charge in [-0.2, -0.15) is 0 Å². The number of phenols is 1. The summed E-state index contributed by atoms with van der Waals surface area (Å²) >= 11 is 0. The van der Waals surface area contributed by atoms with E-state index in [1.807, 2.05) is 6.92 Å². The van der Waals surface area contributed by atoms with Gasteiger partial charge in [-0.3, -0.25) is 4.90 Å². The molecule has 0 aromatic heterocycles. The van der Waals surface area contributed by atoms with Gasteiger partial charge in [0.2, 0.25) is 0 Å². The van der Waals surface area contributed by atoms with E-state index in [4.69, 9.17) is 0 Å². The fourth-order valence-electron chi connectivity index (χ4n) is 3.09. The number of phenolic OH excluding ortho intramolecular Hbond substituents is 1. The van der Waals surface area contributed by atoms with Crippen molar-refractivity contribution >= 4 is 0 Å². The summed E-state index contributed by atoms with van der Waals surface area (Å²) in [5, 5.41) is 10.3. The lowest BCUT2D eigenvalue weighted by Gasteiger charge is -2.35. The Bertz CT molecular complexity index is 451.